The van der Waals surface area contributed by atoms with Crippen LogP contribution in [0.5, 0.6) is 0 Å². The van der Waals surface area contributed by atoms with Gasteiger partial charge in [0.1, 0.15) is 0 Å². The van der Waals surface area contributed by atoms with Crippen LogP contribution in [0.1, 0.15) is 39.0 Å². The molecule has 2 nitrogen and oxygen atoms in total. The Morgan fingerprint density at radius 1 is 1.42 bits per heavy atom. The first-order chi connectivity index (χ1) is 5.93. The summed E-state index contributed by atoms with van der Waals surface area (Å²) in [6, 6.07) is 0. The van der Waals surface area contributed by atoms with Crippen LogP contribution in [0.3, 0.4) is 0 Å². The predicted molar refractivity (Wildman–Crippen MR) is 54.7 cm³/mol. The van der Waals surface area contributed by atoms with E-state index in [2.05, 4.69) is 11.9 Å². The first-order valence-corrected chi connectivity index (χ1v) is 6.50. The lowest BCUT2D eigenvalue weighted by Crippen LogP contribution is -2.24. The standard InChI is InChI=1S/C9H21NOSi/c1-2-7-10-12-11-8-9-5-3-4-6-9/h9-10H,2-8,12H2,1H3. The molecule has 0 spiro atoms. The van der Waals surface area contributed by atoms with Gasteiger partial charge in [-0.15, -0.1) is 0 Å². The molecule has 0 bridgehead atoms. The molecule has 0 aromatic heterocycles. The lowest BCUT2D eigenvalue weighted by atomic mass is 10.1. The average Bonchev–Trinajstić information content (AvgIpc) is 2.57. The predicted octanol–water partition coefficient (Wildman–Crippen LogP) is 1.19. The van der Waals surface area contributed by atoms with Crippen molar-refractivity contribution in [2.75, 3.05) is 13.2 Å². The normalized spacial score (nSPS) is 19.8. The van der Waals surface area contributed by atoms with Gasteiger partial charge < -0.3 is 9.41 Å². The first-order valence-electron chi connectivity index (χ1n) is 5.22. The average molecular weight is 187 g/mol. The lowest BCUT2D eigenvalue weighted by molar-refractivity contribution is 0.259. The molecule has 72 valence electrons. The minimum atomic E-state index is -0.383. The maximum absolute atomic E-state index is 5.65. The molecular formula is C9H21NOSi. The van der Waals surface area contributed by atoms with Crippen molar-refractivity contribution in [1.82, 2.24) is 4.98 Å². The molecule has 0 amide bonds. The second-order valence-corrected chi connectivity index (χ2v) is 4.86. The van der Waals surface area contributed by atoms with Crippen molar-refractivity contribution in [1.29, 1.82) is 0 Å². The van der Waals surface area contributed by atoms with Gasteiger partial charge in [-0.2, -0.15) is 0 Å². The van der Waals surface area contributed by atoms with Gasteiger partial charge in [0, 0.05) is 6.61 Å². The summed E-state index contributed by atoms with van der Waals surface area (Å²) in [6.07, 6.45) is 6.89. The van der Waals surface area contributed by atoms with Crippen molar-refractivity contribution < 1.29 is 4.43 Å². The van der Waals surface area contributed by atoms with Gasteiger partial charge in [-0.1, -0.05) is 19.8 Å². The number of rotatable bonds is 6. The Hall–Kier alpha value is 0.137. The van der Waals surface area contributed by atoms with Crippen molar-refractivity contribution >= 4 is 9.92 Å². The first kappa shape index (κ1) is 10.2. The molecule has 0 aliphatic heterocycles. The SMILES string of the molecule is CCCN[SiH2]OCC1CCCC1. The largest absolute Gasteiger partial charge is 0.408 e. The van der Waals surface area contributed by atoms with E-state index >= 15 is 0 Å². The highest BCUT2D eigenvalue weighted by molar-refractivity contribution is 6.23. The van der Waals surface area contributed by atoms with Gasteiger partial charge >= 0.3 is 0 Å². The van der Waals surface area contributed by atoms with E-state index in [0.29, 0.717) is 0 Å². The Balaban J connectivity index is 1.81. The van der Waals surface area contributed by atoms with Gasteiger partial charge in [0.2, 0.25) is 9.92 Å². The fraction of sp³-hybridized carbons (Fsp3) is 1.00. The second-order valence-electron chi connectivity index (χ2n) is 3.67. The van der Waals surface area contributed by atoms with Crippen LogP contribution in [0.2, 0.25) is 0 Å². The Morgan fingerprint density at radius 2 is 2.17 bits per heavy atom. The van der Waals surface area contributed by atoms with Crippen LogP contribution in [-0.2, 0) is 4.43 Å². The second kappa shape index (κ2) is 6.63. The minimum Gasteiger partial charge on any atom is -0.408 e. The fourth-order valence-electron chi connectivity index (χ4n) is 1.72. The van der Waals surface area contributed by atoms with Crippen LogP contribution < -0.4 is 4.98 Å². The highest BCUT2D eigenvalue weighted by Gasteiger charge is 2.14. The van der Waals surface area contributed by atoms with Gasteiger partial charge in [-0.3, -0.25) is 0 Å². The van der Waals surface area contributed by atoms with Crippen molar-refractivity contribution in [2.45, 2.75) is 39.0 Å². The summed E-state index contributed by atoms with van der Waals surface area (Å²) >= 11 is 0. The summed E-state index contributed by atoms with van der Waals surface area (Å²) in [5.74, 6) is 0.890. The summed E-state index contributed by atoms with van der Waals surface area (Å²) in [5.41, 5.74) is 0. The van der Waals surface area contributed by atoms with E-state index in [1.54, 1.807) is 0 Å². The van der Waals surface area contributed by atoms with E-state index in [4.69, 9.17) is 4.43 Å². The molecule has 0 aromatic rings. The highest BCUT2D eigenvalue weighted by atomic mass is 28.2. The zero-order chi connectivity index (χ0) is 8.65. The van der Waals surface area contributed by atoms with Crippen molar-refractivity contribution in [2.24, 2.45) is 5.92 Å². The molecule has 1 aliphatic rings. The molecule has 0 radical (unpaired) electrons. The topological polar surface area (TPSA) is 21.3 Å². The van der Waals surface area contributed by atoms with Crippen LogP contribution in [0.15, 0.2) is 0 Å². The van der Waals surface area contributed by atoms with Gasteiger partial charge in [0.05, 0.1) is 0 Å². The Bertz CT molecular complexity index is 105. The van der Waals surface area contributed by atoms with Crippen LogP contribution in [0, 0.1) is 5.92 Å². The number of hydrogen-bond acceptors (Lipinski definition) is 2. The van der Waals surface area contributed by atoms with Crippen molar-refractivity contribution in [3.05, 3.63) is 0 Å². The third kappa shape index (κ3) is 4.23. The zero-order valence-corrected chi connectivity index (χ0v) is 9.56. The zero-order valence-electron chi connectivity index (χ0n) is 8.14. The molecular weight excluding hydrogens is 166 g/mol. The van der Waals surface area contributed by atoms with E-state index in [1.165, 1.54) is 32.1 Å². The minimum absolute atomic E-state index is 0.383. The molecule has 3 heteroatoms. The van der Waals surface area contributed by atoms with E-state index in [1.807, 2.05) is 0 Å². The quantitative estimate of drug-likeness (QED) is 0.498. The van der Waals surface area contributed by atoms with E-state index in [9.17, 15) is 0 Å². The van der Waals surface area contributed by atoms with Crippen LogP contribution in [-0.4, -0.2) is 23.1 Å². The maximum atomic E-state index is 5.65. The van der Waals surface area contributed by atoms with Crippen LogP contribution in [0.25, 0.3) is 0 Å². The lowest BCUT2D eigenvalue weighted by Gasteiger charge is -2.09. The summed E-state index contributed by atoms with van der Waals surface area (Å²) in [7, 11) is -0.383. The summed E-state index contributed by atoms with van der Waals surface area (Å²) < 4.78 is 5.65. The van der Waals surface area contributed by atoms with E-state index in [0.717, 1.165) is 19.1 Å². The molecule has 1 aliphatic carbocycles. The highest BCUT2D eigenvalue weighted by Crippen LogP contribution is 2.24. The van der Waals surface area contributed by atoms with Crippen molar-refractivity contribution in [3.8, 4) is 0 Å². The molecule has 0 heterocycles. The Kier molecular flexibility index (Phi) is 5.65. The molecule has 0 unspecified atom stereocenters. The number of hydrogen-bond donors (Lipinski definition) is 1. The van der Waals surface area contributed by atoms with Gasteiger partial charge in [-0.25, -0.2) is 0 Å². The molecule has 1 N–H and O–H groups in total. The maximum Gasteiger partial charge on any atom is 0.235 e. The Labute approximate surface area is 78.1 Å². The molecule has 1 rings (SSSR count). The summed E-state index contributed by atoms with van der Waals surface area (Å²) in [4.78, 5) is 3.38. The van der Waals surface area contributed by atoms with E-state index in [-0.39, 0.29) is 9.92 Å². The number of nitrogens with one attached hydrogen (secondary N) is 1. The summed E-state index contributed by atoms with van der Waals surface area (Å²) in [5, 5.41) is 0. The van der Waals surface area contributed by atoms with Gasteiger partial charge in [0.15, 0.2) is 0 Å². The monoisotopic (exact) mass is 187 g/mol. The molecule has 0 saturated heterocycles. The van der Waals surface area contributed by atoms with E-state index < -0.39 is 0 Å². The smallest absolute Gasteiger partial charge is 0.235 e. The van der Waals surface area contributed by atoms with Crippen LogP contribution >= 0.6 is 0 Å². The molecule has 0 atom stereocenters. The fourth-order valence-corrected chi connectivity index (χ4v) is 2.82. The molecule has 1 saturated carbocycles. The van der Waals surface area contributed by atoms with Crippen molar-refractivity contribution in [3.63, 3.8) is 0 Å². The van der Waals surface area contributed by atoms with Gasteiger partial charge in [-0.05, 0) is 31.7 Å². The van der Waals surface area contributed by atoms with Crippen LogP contribution in [0.4, 0.5) is 0 Å². The third-order valence-electron chi connectivity index (χ3n) is 2.46. The summed E-state index contributed by atoms with van der Waals surface area (Å²) in [6.45, 7) is 4.36. The van der Waals surface area contributed by atoms with Gasteiger partial charge in [0.25, 0.3) is 0 Å². The molecule has 12 heavy (non-hydrogen) atoms. The Morgan fingerprint density at radius 3 is 2.83 bits per heavy atom. The third-order valence-corrected chi connectivity index (χ3v) is 3.46. The molecule has 1 fully saturated rings. The molecule has 0 aromatic carbocycles.